The van der Waals surface area contributed by atoms with Gasteiger partial charge in [-0.3, -0.25) is 4.79 Å². The average molecular weight is 407 g/mol. The molecule has 0 bridgehead atoms. The molecule has 0 heterocycles. The van der Waals surface area contributed by atoms with Gasteiger partial charge in [0.15, 0.2) is 17.3 Å². The number of ether oxygens (including phenoxy) is 1. The molecular weight excluding hydrogens is 370 g/mol. The molecule has 1 aromatic carbocycles. The predicted octanol–water partition coefficient (Wildman–Crippen LogP) is 7.35. The molecule has 2 aliphatic carbocycles. The molecule has 0 radical (unpaired) electrons. The van der Waals surface area contributed by atoms with Gasteiger partial charge >= 0.3 is 0 Å². The highest BCUT2D eigenvalue weighted by atomic mass is 19.2. The number of rotatable bonds is 8. The van der Waals surface area contributed by atoms with Crippen LogP contribution in [0.2, 0.25) is 0 Å². The molecule has 162 valence electrons. The molecule has 0 N–H and O–H groups in total. The molecule has 2 fully saturated rings. The predicted molar refractivity (Wildman–Crippen MR) is 112 cm³/mol. The normalized spacial score (nSPS) is 27.6. The minimum Gasteiger partial charge on any atom is -0.490 e. The maximum Gasteiger partial charge on any atom is 0.201 e. The Morgan fingerprint density at radius 3 is 2.14 bits per heavy atom. The van der Waals surface area contributed by atoms with Crippen molar-refractivity contribution in [3.8, 4) is 5.75 Å². The first-order valence-corrected chi connectivity index (χ1v) is 11.7. The minimum absolute atomic E-state index is 0.0982. The Bertz CT molecular complexity index is 672. The third-order valence-electron chi connectivity index (χ3n) is 7.35. The quantitative estimate of drug-likeness (QED) is 0.333. The van der Waals surface area contributed by atoms with Crippen LogP contribution in [-0.2, 0) is 0 Å². The van der Waals surface area contributed by atoms with Crippen LogP contribution in [0.5, 0.6) is 5.75 Å². The summed E-state index contributed by atoms with van der Waals surface area (Å²) in [6, 6.07) is 2.80. The summed E-state index contributed by atoms with van der Waals surface area (Å²) in [5.41, 5.74) is -0.114. The van der Waals surface area contributed by atoms with Crippen LogP contribution in [-0.4, -0.2) is 12.4 Å². The summed E-state index contributed by atoms with van der Waals surface area (Å²) < 4.78 is 34.2. The summed E-state index contributed by atoms with van der Waals surface area (Å²) in [6.45, 7) is 4.64. The molecule has 0 aliphatic heterocycles. The van der Waals surface area contributed by atoms with Gasteiger partial charge in [0.1, 0.15) is 0 Å². The van der Waals surface area contributed by atoms with Gasteiger partial charge in [-0.25, -0.2) is 4.39 Å². The van der Waals surface area contributed by atoms with Crippen molar-refractivity contribution in [2.24, 2.45) is 23.7 Å². The fourth-order valence-corrected chi connectivity index (χ4v) is 5.30. The number of halogens is 2. The second kappa shape index (κ2) is 10.5. The molecule has 4 heteroatoms. The highest BCUT2D eigenvalue weighted by Crippen LogP contribution is 2.42. The summed E-state index contributed by atoms with van der Waals surface area (Å²) in [6.07, 6.45) is 12.0. The van der Waals surface area contributed by atoms with Crippen molar-refractivity contribution < 1.29 is 18.3 Å². The Balaban J connectivity index is 1.56. The average Bonchev–Trinajstić information content (AvgIpc) is 2.76. The Labute approximate surface area is 174 Å². The summed E-state index contributed by atoms with van der Waals surface area (Å²) in [5, 5.41) is 0. The Hall–Kier alpha value is -1.45. The lowest BCUT2D eigenvalue weighted by molar-refractivity contribution is 0.0824. The van der Waals surface area contributed by atoms with E-state index in [1.807, 2.05) is 6.92 Å². The molecule has 2 aliphatic rings. The molecule has 0 aromatic heterocycles. The first kappa shape index (κ1) is 22.2. The molecule has 0 spiro atoms. The van der Waals surface area contributed by atoms with Crippen LogP contribution in [0.25, 0.3) is 0 Å². The molecular formula is C25H36F2O2. The zero-order valence-electron chi connectivity index (χ0n) is 18.0. The zero-order chi connectivity index (χ0) is 20.8. The highest BCUT2D eigenvalue weighted by Gasteiger charge is 2.34. The van der Waals surface area contributed by atoms with Gasteiger partial charge in [0.25, 0.3) is 0 Å². The van der Waals surface area contributed by atoms with Gasteiger partial charge in [-0.2, -0.15) is 4.39 Å². The van der Waals surface area contributed by atoms with E-state index in [2.05, 4.69) is 6.92 Å². The molecule has 0 saturated heterocycles. The first-order valence-electron chi connectivity index (χ1n) is 11.7. The van der Waals surface area contributed by atoms with Gasteiger partial charge in [0.2, 0.25) is 5.82 Å². The smallest absolute Gasteiger partial charge is 0.201 e. The summed E-state index contributed by atoms with van der Waals surface area (Å²) in [4.78, 5) is 12.9. The number of hydrogen-bond acceptors (Lipinski definition) is 2. The lowest BCUT2D eigenvalue weighted by atomic mass is 9.68. The Morgan fingerprint density at radius 2 is 1.55 bits per heavy atom. The number of ketones is 1. The molecule has 2 saturated carbocycles. The van der Waals surface area contributed by atoms with Crippen LogP contribution in [0.3, 0.4) is 0 Å². The summed E-state index contributed by atoms with van der Waals surface area (Å²) >= 11 is 0. The van der Waals surface area contributed by atoms with Crippen molar-refractivity contribution in [1.82, 2.24) is 0 Å². The molecule has 29 heavy (non-hydrogen) atoms. The van der Waals surface area contributed by atoms with Crippen LogP contribution in [0.1, 0.15) is 94.8 Å². The molecule has 3 rings (SSSR count). The second-order valence-corrected chi connectivity index (χ2v) is 9.11. The molecule has 2 nitrogen and oxygen atoms in total. The van der Waals surface area contributed by atoms with Crippen molar-refractivity contribution in [3.63, 3.8) is 0 Å². The fourth-order valence-electron chi connectivity index (χ4n) is 5.30. The van der Waals surface area contributed by atoms with Crippen LogP contribution in [0.4, 0.5) is 8.78 Å². The van der Waals surface area contributed by atoms with Crippen LogP contribution in [0.15, 0.2) is 12.1 Å². The van der Waals surface area contributed by atoms with Crippen LogP contribution in [0, 0.1) is 35.3 Å². The van der Waals surface area contributed by atoms with Crippen LogP contribution < -0.4 is 4.74 Å². The Kier molecular flexibility index (Phi) is 8.08. The Morgan fingerprint density at radius 1 is 0.931 bits per heavy atom. The molecule has 0 amide bonds. The van der Waals surface area contributed by atoms with E-state index in [1.54, 1.807) is 0 Å². The monoisotopic (exact) mass is 406 g/mol. The van der Waals surface area contributed by atoms with E-state index in [4.69, 9.17) is 4.74 Å². The lowest BCUT2D eigenvalue weighted by Crippen LogP contribution is -2.28. The number of carbonyl (C=O) groups excluding carboxylic acids is 1. The van der Waals surface area contributed by atoms with E-state index in [0.29, 0.717) is 12.5 Å². The van der Waals surface area contributed by atoms with Crippen LogP contribution >= 0.6 is 0 Å². The third-order valence-corrected chi connectivity index (χ3v) is 7.35. The standard InChI is InChI=1S/C25H36F2O2/c1-3-5-16-29-22-15-14-21(23(26)24(22)27)25(28)20-12-10-19(11-13-20)18-8-6-17(4-2)7-9-18/h14-15,17-20H,3-13,16H2,1-2H3. The topological polar surface area (TPSA) is 26.3 Å². The van der Waals surface area contributed by atoms with E-state index in [9.17, 15) is 13.6 Å². The second-order valence-electron chi connectivity index (χ2n) is 9.11. The van der Waals surface area contributed by atoms with E-state index >= 15 is 0 Å². The molecule has 1 aromatic rings. The largest absolute Gasteiger partial charge is 0.490 e. The van der Waals surface area contributed by atoms with Crippen molar-refractivity contribution in [1.29, 1.82) is 0 Å². The van der Waals surface area contributed by atoms with Crippen molar-refractivity contribution in [2.75, 3.05) is 6.61 Å². The lowest BCUT2D eigenvalue weighted by Gasteiger charge is -2.37. The SMILES string of the molecule is CCCCOc1ccc(C(=O)C2CCC(C3CCC(CC)CC3)CC2)c(F)c1F. The van der Waals surface area contributed by atoms with Crippen molar-refractivity contribution >= 4 is 5.78 Å². The maximum atomic E-state index is 14.5. The van der Waals surface area contributed by atoms with E-state index in [1.165, 1.54) is 44.2 Å². The van der Waals surface area contributed by atoms with Gasteiger partial charge in [0, 0.05) is 5.92 Å². The van der Waals surface area contributed by atoms with E-state index in [-0.39, 0.29) is 23.0 Å². The van der Waals surface area contributed by atoms with Gasteiger partial charge in [-0.15, -0.1) is 0 Å². The fraction of sp³-hybridized carbons (Fsp3) is 0.720. The number of hydrogen-bond donors (Lipinski definition) is 0. The third kappa shape index (κ3) is 5.38. The highest BCUT2D eigenvalue weighted by molar-refractivity contribution is 5.98. The van der Waals surface area contributed by atoms with Gasteiger partial charge in [-0.1, -0.05) is 39.5 Å². The van der Waals surface area contributed by atoms with E-state index in [0.717, 1.165) is 50.4 Å². The molecule has 0 atom stereocenters. The van der Waals surface area contributed by atoms with Gasteiger partial charge < -0.3 is 4.74 Å². The first-order chi connectivity index (χ1) is 14.0. The van der Waals surface area contributed by atoms with Crippen molar-refractivity contribution in [2.45, 2.75) is 84.5 Å². The molecule has 0 unspecified atom stereocenters. The van der Waals surface area contributed by atoms with E-state index < -0.39 is 11.6 Å². The number of unbranched alkanes of at least 4 members (excludes halogenated alkanes) is 1. The van der Waals surface area contributed by atoms with Gasteiger partial charge in [-0.05, 0) is 74.8 Å². The zero-order valence-corrected chi connectivity index (χ0v) is 18.0. The minimum atomic E-state index is -1.05. The van der Waals surface area contributed by atoms with Gasteiger partial charge in [0.05, 0.1) is 12.2 Å². The van der Waals surface area contributed by atoms with Crippen molar-refractivity contribution in [3.05, 3.63) is 29.3 Å². The maximum absolute atomic E-state index is 14.5. The number of benzene rings is 1. The number of Topliss-reactive ketones (excluding diaryl/α,β-unsaturated/α-hetero) is 1. The summed E-state index contributed by atoms with van der Waals surface area (Å²) in [7, 11) is 0. The number of carbonyl (C=O) groups is 1. The summed E-state index contributed by atoms with van der Waals surface area (Å²) in [5.74, 6) is -0.212.